The Morgan fingerprint density at radius 1 is 0.978 bits per heavy atom. The lowest BCUT2D eigenvalue weighted by atomic mass is 10.0. The summed E-state index contributed by atoms with van der Waals surface area (Å²) in [6.45, 7) is 6.83. The van der Waals surface area contributed by atoms with Crippen LogP contribution in [0.3, 0.4) is 0 Å². The lowest BCUT2D eigenvalue weighted by Crippen LogP contribution is -2.36. The van der Waals surface area contributed by atoms with Crippen LogP contribution in [-0.4, -0.2) is 83.6 Å². The first-order valence-electron chi connectivity index (χ1n) is 15.2. The summed E-state index contributed by atoms with van der Waals surface area (Å²) in [4.78, 5) is 44.6. The average Bonchev–Trinajstić information content (AvgIpc) is 3.51. The lowest BCUT2D eigenvalue weighted by molar-refractivity contribution is 0.100. The summed E-state index contributed by atoms with van der Waals surface area (Å²) in [5, 5.41) is 15.6. The van der Waals surface area contributed by atoms with E-state index >= 15 is 4.39 Å². The van der Waals surface area contributed by atoms with E-state index in [0.717, 1.165) is 42.3 Å². The third-order valence-corrected chi connectivity index (χ3v) is 9.11. The van der Waals surface area contributed by atoms with Gasteiger partial charge in [-0.2, -0.15) is 0 Å². The van der Waals surface area contributed by atoms with E-state index in [-0.39, 0.29) is 28.1 Å². The van der Waals surface area contributed by atoms with Crippen molar-refractivity contribution < 1.29 is 19.1 Å². The number of amides is 2. The average molecular weight is 650 g/mol. The number of anilines is 2. The van der Waals surface area contributed by atoms with Gasteiger partial charge in [0.25, 0.3) is 11.8 Å². The molecule has 2 aliphatic rings. The number of rotatable bonds is 7. The maximum absolute atomic E-state index is 15.1. The van der Waals surface area contributed by atoms with Gasteiger partial charge in [-0.15, -0.1) is 0 Å². The number of nitrogens with one attached hydrogen (secondary N) is 2. The second kappa shape index (κ2) is 12.6. The molecule has 3 N–H and O–H groups in total. The number of β-amino-alcohol motifs (C(OH)–C–C–N with tert-alkyl or cyclic N) is 1. The highest BCUT2D eigenvalue weighted by Gasteiger charge is 2.28. The number of aliphatic hydroxyl groups is 1. The number of hydrogen-bond acceptors (Lipinski definition) is 8. The zero-order valence-corrected chi connectivity index (χ0v) is 27.2. The van der Waals surface area contributed by atoms with E-state index in [0.29, 0.717) is 42.9 Å². The summed E-state index contributed by atoms with van der Waals surface area (Å²) in [6, 6.07) is 4.11. The van der Waals surface area contributed by atoms with Crippen molar-refractivity contribution in [3.05, 3.63) is 75.2 Å². The van der Waals surface area contributed by atoms with Crippen molar-refractivity contribution in [2.45, 2.75) is 45.9 Å². The first-order valence-corrected chi connectivity index (χ1v) is 15.5. The Balaban J connectivity index is 1.25. The Morgan fingerprint density at radius 2 is 1.59 bits per heavy atom. The van der Waals surface area contributed by atoms with Crippen LogP contribution in [0.4, 0.5) is 15.8 Å². The number of fused-ring (bicyclic) bond motifs is 2. The number of hydrogen-bond donors (Lipinski definition) is 3. The number of nitrogens with zero attached hydrogens (tertiary/aromatic N) is 7. The first kappa shape index (κ1) is 31.8. The molecule has 4 aromatic rings. The van der Waals surface area contributed by atoms with Gasteiger partial charge in [0.15, 0.2) is 11.6 Å². The normalized spacial score (nSPS) is 15.7. The summed E-state index contributed by atoms with van der Waals surface area (Å²) < 4.78 is 18.6. The number of pyridine rings is 1. The zero-order chi connectivity index (χ0) is 32.9. The van der Waals surface area contributed by atoms with Crippen molar-refractivity contribution in [1.82, 2.24) is 33.9 Å². The van der Waals surface area contributed by atoms with Gasteiger partial charge >= 0.3 is 0 Å². The maximum Gasteiger partial charge on any atom is 0.291 e. The Labute approximate surface area is 271 Å². The molecule has 1 atom stereocenters. The molecule has 14 heteroatoms. The van der Waals surface area contributed by atoms with Crippen molar-refractivity contribution in [2.75, 3.05) is 37.3 Å². The summed E-state index contributed by atoms with van der Waals surface area (Å²) in [6.07, 6.45) is 2.51. The third-order valence-electron chi connectivity index (χ3n) is 8.72. The van der Waals surface area contributed by atoms with Crippen molar-refractivity contribution in [1.29, 1.82) is 0 Å². The molecule has 1 aromatic carbocycles. The van der Waals surface area contributed by atoms with Crippen molar-refractivity contribution in [3.8, 4) is 11.3 Å². The number of aliphatic hydroxyl groups excluding tert-OH is 1. The number of imidazole rings is 2. The van der Waals surface area contributed by atoms with E-state index in [2.05, 4.69) is 35.4 Å². The van der Waals surface area contributed by atoms with Gasteiger partial charge in [-0.25, -0.2) is 14.4 Å². The van der Waals surface area contributed by atoms with Gasteiger partial charge in [0, 0.05) is 88.5 Å². The molecule has 242 valence electrons. The summed E-state index contributed by atoms with van der Waals surface area (Å²) in [7, 11) is 5.63. The highest BCUT2D eigenvalue weighted by Crippen LogP contribution is 2.37. The van der Waals surface area contributed by atoms with Crippen LogP contribution in [0.15, 0.2) is 24.4 Å². The summed E-state index contributed by atoms with van der Waals surface area (Å²) in [5.41, 5.74) is 5.32. The van der Waals surface area contributed by atoms with Crippen molar-refractivity contribution >= 4 is 34.8 Å². The monoisotopic (exact) mass is 649 g/mol. The zero-order valence-electron chi connectivity index (χ0n) is 26.5. The number of carbonyl (C=O) groups is 2. The Kier molecular flexibility index (Phi) is 8.68. The summed E-state index contributed by atoms with van der Waals surface area (Å²) >= 11 is 6.78. The number of halogens is 2. The third kappa shape index (κ3) is 6.03. The molecule has 0 bridgehead atoms. The van der Waals surface area contributed by atoms with Crippen LogP contribution in [0.2, 0.25) is 5.02 Å². The molecule has 0 unspecified atom stereocenters. The quantitative estimate of drug-likeness (QED) is 0.277. The number of carbonyl (C=O) groups excluding carboxylic acids is 2. The van der Waals surface area contributed by atoms with E-state index in [1.54, 1.807) is 31.5 Å². The lowest BCUT2D eigenvalue weighted by Gasteiger charge is -2.27. The molecule has 0 fully saturated rings. The Morgan fingerprint density at radius 3 is 2.24 bits per heavy atom. The first-order chi connectivity index (χ1) is 21.9. The van der Waals surface area contributed by atoms with E-state index < -0.39 is 23.7 Å². The largest absolute Gasteiger partial charge is 0.392 e. The van der Waals surface area contributed by atoms with Crippen LogP contribution in [0.25, 0.3) is 11.3 Å². The number of likely N-dealkylation sites (N-methyl/N-ethyl adjacent to an activating group) is 1. The van der Waals surface area contributed by atoms with Gasteiger partial charge < -0.3 is 29.8 Å². The molecular formula is C32H37ClFN9O3. The Bertz CT molecular complexity index is 1850. The minimum Gasteiger partial charge on any atom is -0.392 e. The maximum atomic E-state index is 15.1. The number of aromatic nitrogens is 5. The predicted octanol–water partition coefficient (Wildman–Crippen LogP) is 3.55. The second-order valence-electron chi connectivity index (χ2n) is 12.2. The van der Waals surface area contributed by atoms with Crippen LogP contribution in [0, 0.1) is 12.7 Å². The van der Waals surface area contributed by atoms with Gasteiger partial charge in [-0.3, -0.25) is 19.5 Å². The van der Waals surface area contributed by atoms with Gasteiger partial charge in [-0.1, -0.05) is 11.6 Å². The molecule has 0 radical (unpaired) electrons. The van der Waals surface area contributed by atoms with Crippen LogP contribution in [-0.2, 0) is 40.0 Å². The fourth-order valence-corrected chi connectivity index (χ4v) is 6.58. The molecule has 12 nitrogen and oxygen atoms in total. The molecule has 46 heavy (non-hydrogen) atoms. The molecule has 5 heterocycles. The Hall–Kier alpha value is -4.17. The van der Waals surface area contributed by atoms with Gasteiger partial charge in [-0.05, 0) is 44.7 Å². The molecule has 0 aliphatic carbocycles. The predicted molar refractivity (Wildman–Crippen MR) is 172 cm³/mol. The van der Waals surface area contributed by atoms with Gasteiger partial charge in [0.1, 0.15) is 5.82 Å². The second-order valence-corrected chi connectivity index (χ2v) is 12.5. The molecule has 0 saturated heterocycles. The minimum atomic E-state index is -0.598. The van der Waals surface area contributed by atoms with Crippen LogP contribution in [0.1, 0.15) is 56.5 Å². The van der Waals surface area contributed by atoms with Crippen molar-refractivity contribution in [3.63, 3.8) is 0 Å². The highest BCUT2D eigenvalue weighted by molar-refractivity contribution is 6.36. The van der Waals surface area contributed by atoms with E-state index in [4.69, 9.17) is 11.6 Å². The SMILES string of the molecule is Cc1c(NC(=O)c2nc3c(n2C)CCN(C[C@H](C)O)C3)cc(F)cc1-c1nccc(NC(=O)c2nc3c(n2C)CCN(C)C3)c1Cl. The fraction of sp³-hybridized carbons (Fsp3) is 0.406. The van der Waals surface area contributed by atoms with E-state index in [1.165, 1.54) is 18.3 Å². The molecule has 3 aromatic heterocycles. The van der Waals surface area contributed by atoms with Crippen molar-refractivity contribution in [2.24, 2.45) is 14.1 Å². The highest BCUT2D eigenvalue weighted by atomic mass is 35.5. The summed E-state index contributed by atoms with van der Waals surface area (Å²) in [5.74, 6) is -1.03. The fourth-order valence-electron chi connectivity index (χ4n) is 6.32. The van der Waals surface area contributed by atoms with Crippen LogP contribution < -0.4 is 10.6 Å². The van der Waals surface area contributed by atoms with Gasteiger partial charge in [0.2, 0.25) is 0 Å². The molecule has 2 aliphatic heterocycles. The van der Waals surface area contributed by atoms with E-state index in [9.17, 15) is 14.7 Å². The smallest absolute Gasteiger partial charge is 0.291 e. The molecular weight excluding hydrogens is 613 g/mol. The molecule has 0 spiro atoms. The van der Waals surface area contributed by atoms with Crippen LogP contribution >= 0.6 is 11.6 Å². The molecule has 6 rings (SSSR count). The topological polar surface area (TPSA) is 133 Å². The molecule has 2 amide bonds. The standard InChI is InChI=1S/C32H37ClFN9O3/c1-17(44)14-43-11-8-26-24(16-43)37-30(42(26)5)32(46)39-22-13-19(34)12-20(18(22)2)28-27(33)21(6-9-35-28)38-31(45)29-36-23-15-40(3)10-7-25(23)41(29)4/h6,9,12-13,17,44H,7-8,10-11,14-16H2,1-5H3,(H,39,46)(H,35,38,45)/t17-/m0/s1. The van der Waals surface area contributed by atoms with Crippen LogP contribution in [0.5, 0.6) is 0 Å². The minimum absolute atomic E-state index is 0.124. The van der Waals surface area contributed by atoms with E-state index in [1.807, 2.05) is 18.7 Å². The molecule has 0 saturated carbocycles. The van der Waals surface area contributed by atoms with Gasteiger partial charge in [0.05, 0.1) is 33.9 Å². The number of benzene rings is 1.